The van der Waals surface area contributed by atoms with Gasteiger partial charge in [0, 0.05) is 0 Å². The van der Waals surface area contributed by atoms with Gasteiger partial charge in [-0.3, -0.25) is 0 Å². The Hall–Kier alpha value is -2.60. The molecule has 3 aromatic rings. The van der Waals surface area contributed by atoms with Crippen molar-refractivity contribution in [1.29, 1.82) is 0 Å². The minimum Gasteiger partial charge on any atom is -0.497 e. The Morgan fingerprint density at radius 3 is 2.27 bits per heavy atom. The van der Waals surface area contributed by atoms with Crippen LogP contribution in [-0.4, -0.2) is 33.0 Å². The number of hydrogen-bond acceptors (Lipinski definition) is 4. The molecule has 5 heteroatoms. The Bertz CT molecular complexity index is 959. The molecule has 5 rings (SSSR count). The van der Waals surface area contributed by atoms with E-state index in [4.69, 9.17) is 18.8 Å². The van der Waals surface area contributed by atoms with Crippen LogP contribution in [0.25, 0.3) is 11.1 Å². The highest BCUT2D eigenvalue weighted by Gasteiger charge is 2.41. The molecule has 3 atom stereocenters. The molecule has 0 spiro atoms. The monoisotopic (exact) mass is 400 g/mol. The van der Waals surface area contributed by atoms with Gasteiger partial charge >= 0.3 is 7.12 Å². The van der Waals surface area contributed by atoms with Crippen LogP contribution in [0.15, 0.2) is 78.9 Å². The first-order valence-corrected chi connectivity index (χ1v) is 10.5. The van der Waals surface area contributed by atoms with Crippen molar-refractivity contribution in [2.24, 2.45) is 0 Å². The molecule has 30 heavy (non-hydrogen) atoms. The zero-order valence-corrected chi connectivity index (χ0v) is 17.1. The molecule has 2 aliphatic rings. The van der Waals surface area contributed by atoms with Gasteiger partial charge in [0.1, 0.15) is 11.9 Å². The third-order valence-electron chi connectivity index (χ3n) is 5.95. The first kappa shape index (κ1) is 19.4. The molecule has 0 saturated carbocycles. The molecule has 152 valence electrons. The van der Waals surface area contributed by atoms with Gasteiger partial charge in [-0.25, -0.2) is 0 Å². The smallest absolute Gasteiger partial charge is 0.494 e. The fourth-order valence-electron chi connectivity index (χ4n) is 4.25. The van der Waals surface area contributed by atoms with E-state index in [9.17, 15) is 0 Å². The van der Waals surface area contributed by atoms with E-state index >= 15 is 0 Å². The quantitative estimate of drug-likeness (QED) is 0.609. The predicted molar refractivity (Wildman–Crippen MR) is 118 cm³/mol. The fourth-order valence-corrected chi connectivity index (χ4v) is 4.25. The van der Waals surface area contributed by atoms with Crippen LogP contribution in [0.2, 0.25) is 0 Å². The summed E-state index contributed by atoms with van der Waals surface area (Å²) in [7, 11) is 1.32. The maximum Gasteiger partial charge on any atom is 0.494 e. The first-order chi connectivity index (χ1) is 14.8. The highest BCUT2D eigenvalue weighted by molar-refractivity contribution is 6.61. The van der Waals surface area contributed by atoms with E-state index in [2.05, 4.69) is 48.5 Å². The summed E-state index contributed by atoms with van der Waals surface area (Å²) in [6.45, 7) is 0.542. The van der Waals surface area contributed by atoms with E-state index in [1.807, 2.05) is 30.3 Å². The van der Waals surface area contributed by atoms with E-state index in [0.29, 0.717) is 6.61 Å². The molecule has 2 fully saturated rings. The van der Waals surface area contributed by atoms with Gasteiger partial charge in [-0.2, -0.15) is 0 Å². The van der Waals surface area contributed by atoms with Crippen molar-refractivity contribution >= 4 is 12.6 Å². The number of benzene rings is 3. The van der Waals surface area contributed by atoms with Crippen LogP contribution in [0.5, 0.6) is 5.75 Å². The minimum atomic E-state index is -0.345. The summed E-state index contributed by atoms with van der Waals surface area (Å²) in [6, 6.07) is 27.0. The zero-order chi connectivity index (χ0) is 20.3. The fraction of sp³-hybridized carbons (Fsp3) is 0.280. The molecule has 2 saturated heterocycles. The van der Waals surface area contributed by atoms with Crippen molar-refractivity contribution in [3.05, 3.63) is 84.4 Å². The first-order valence-electron chi connectivity index (χ1n) is 10.5. The molecule has 0 unspecified atom stereocenters. The van der Waals surface area contributed by atoms with Gasteiger partial charge < -0.3 is 18.8 Å². The topological polar surface area (TPSA) is 36.9 Å². The SMILES string of the molecule is COc1ccc(B2OC[C@H]3O[C@@H](c4ccc(-c5ccccc5)cc4)CC[C@@H]3O2)cc1. The lowest BCUT2D eigenvalue weighted by molar-refractivity contribution is -0.150. The average molecular weight is 400 g/mol. The van der Waals surface area contributed by atoms with Crippen LogP contribution in [0.3, 0.4) is 0 Å². The Morgan fingerprint density at radius 2 is 1.53 bits per heavy atom. The minimum absolute atomic E-state index is 0.0351. The van der Waals surface area contributed by atoms with Crippen molar-refractivity contribution in [1.82, 2.24) is 0 Å². The molecule has 2 aliphatic heterocycles. The van der Waals surface area contributed by atoms with Gasteiger partial charge in [0.25, 0.3) is 0 Å². The molecule has 2 heterocycles. The van der Waals surface area contributed by atoms with Crippen molar-refractivity contribution < 1.29 is 18.8 Å². The second kappa shape index (κ2) is 8.64. The molecule has 0 aliphatic carbocycles. The van der Waals surface area contributed by atoms with Crippen LogP contribution < -0.4 is 10.2 Å². The highest BCUT2D eigenvalue weighted by Crippen LogP contribution is 2.35. The normalized spacial score (nSPS) is 23.6. The summed E-state index contributed by atoms with van der Waals surface area (Å²) >= 11 is 0. The van der Waals surface area contributed by atoms with Crippen LogP contribution in [0, 0.1) is 0 Å². The number of fused-ring (bicyclic) bond motifs is 1. The molecular formula is C25H25BO4. The standard InChI is InChI=1S/C25H25BO4/c1-27-22-13-11-21(12-14-22)26-28-17-25-24(30-26)16-15-23(29-25)20-9-7-19(8-10-20)18-5-3-2-4-6-18/h2-14,23-25H,15-17H2,1H3/t23-,24+,25-/m1/s1. The zero-order valence-electron chi connectivity index (χ0n) is 17.1. The summed E-state index contributed by atoms with van der Waals surface area (Å²) in [5, 5.41) is 0. The Balaban J connectivity index is 1.22. The largest absolute Gasteiger partial charge is 0.497 e. The molecular weight excluding hydrogens is 375 g/mol. The van der Waals surface area contributed by atoms with Gasteiger partial charge in [0.15, 0.2) is 0 Å². The average Bonchev–Trinajstić information content (AvgIpc) is 2.84. The van der Waals surface area contributed by atoms with Gasteiger partial charge in [0.05, 0.1) is 25.9 Å². The van der Waals surface area contributed by atoms with Crippen molar-refractivity contribution in [2.75, 3.05) is 13.7 Å². The number of rotatable bonds is 4. The van der Waals surface area contributed by atoms with Crippen LogP contribution in [-0.2, 0) is 14.0 Å². The lowest BCUT2D eigenvalue weighted by Crippen LogP contribution is -2.54. The second-order valence-corrected chi connectivity index (χ2v) is 7.84. The summed E-state index contributed by atoms with van der Waals surface area (Å²) in [6.07, 6.45) is 2.02. The van der Waals surface area contributed by atoms with Crippen molar-refractivity contribution in [3.63, 3.8) is 0 Å². The third kappa shape index (κ3) is 4.01. The van der Waals surface area contributed by atoms with E-state index in [1.54, 1.807) is 7.11 Å². The lowest BCUT2D eigenvalue weighted by atomic mass is 9.76. The van der Waals surface area contributed by atoms with Crippen LogP contribution >= 0.6 is 0 Å². The summed E-state index contributed by atoms with van der Waals surface area (Å²) in [4.78, 5) is 0. The van der Waals surface area contributed by atoms with Gasteiger partial charge in [-0.1, -0.05) is 66.7 Å². The van der Waals surface area contributed by atoms with Gasteiger partial charge in [-0.15, -0.1) is 0 Å². The number of methoxy groups -OCH3 is 1. The highest BCUT2D eigenvalue weighted by atomic mass is 16.6. The summed E-state index contributed by atoms with van der Waals surface area (Å²) in [5.74, 6) is 0.828. The van der Waals surface area contributed by atoms with Crippen LogP contribution in [0.1, 0.15) is 24.5 Å². The van der Waals surface area contributed by atoms with E-state index < -0.39 is 0 Å². The molecule has 3 aromatic carbocycles. The van der Waals surface area contributed by atoms with Crippen molar-refractivity contribution in [3.8, 4) is 16.9 Å². The van der Waals surface area contributed by atoms with Gasteiger partial charge in [0.2, 0.25) is 0 Å². The van der Waals surface area contributed by atoms with E-state index in [0.717, 1.165) is 24.1 Å². The van der Waals surface area contributed by atoms with Gasteiger partial charge in [-0.05, 0) is 47.1 Å². The molecule has 0 amide bonds. The molecule has 4 nitrogen and oxygen atoms in total. The predicted octanol–water partition coefficient (Wildman–Crippen LogP) is 4.39. The number of hydrogen-bond donors (Lipinski definition) is 0. The van der Waals surface area contributed by atoms with E-state index in [1.165, 1.54) is 16.7 Å². The van der Waals surface area contributed by atoms with Crippen LogP contribution in [0.4, 0.5) is 0 Å². The third-order valence-corrected chi connectivity index (χ3v) is 5.95. The molecule has 0 N–H and O–H groups in total. The number of ether oxygens (including phenoxy) is 2. The maximum atomic E-state index is 6.37. The van der Waals surface area contributed by atoms with Crippen molar-refractivity contribution in [2.45, 2.75) is 31.2 Å². The Morgan fingerprint density at radius 1 is 0.800 bits per heavy atom. The Labute approximate surface area is 177 Å². The Kier molecular flexibility index (Phi) is 5.58. The van der Waals surface area contributed by atoms with E-state index in [-0.39, 0.29) is 25.4 Å². The lowest BCUT2D eigenvalue weighted by Gasteiger charge is -2.41. The summed E-state index contributed by atoms with van der Waals surface area (Å²) in [5.41, 5.74) is 4.67. The molecule has 0 bridgehead atoms. The summed E-state index contributed by atoms with van der Waals surface area (Å²) < 4.78 is 23.8. The molecule has 0 aromatic heterocycles. The second-order valence-electron chi connectivity index (χ2n) is 7.84. The maximum absolute atomic E-state index is 6.37. The molecule has 0 radical (unpaired) electrons.